The van der Waals surface area contributed by atoms with Crippen LogP contribution in [0.5, 0.6) is 11.5 Å². The van der Waals surface area contributed by atoms with E-state index in [4.69, 9.17) is 9.47 Å². The van der Waals surface area contributed by atoms with Gasteiger partial charge < -0.3 is 9.47 Å². The number of hydrogen-bond donors (Lipinski definition) is 2. The van der Waals surface area contributed by atoms with Gasteiger partial charge in [-0.2, -0.15) is 0 Å². The highest BCUT2D eigenvalue weighted by Gasteiger charge is 2.09. The number of carbonyl (C=O) groups excluding carboxylic acids is 2. The molecule has 0 aromatic heterocycles. The Morgan fingerprint density at radius 2 is 1.67 bits per heavy atom. The maximum absolute atomic E-state index is 11.9. The van der Waals surface area contributed by atoms with Gasteiger partial charge in [-0.1, -0.05) is 29.8 Å². The zero-order valence-electron chi connectivity index (χ0n) is 13.7. The van der Waals surface area contributed by atoms with E-state index in [-0.39, 0.29) is 12.5 Å². The molecule has 0 radical (unpaired) electrons. The lowest BCUT2D eigenvalue weighted by Crippen LogP contribution is -2.43. The third kappa shape index (κ3) is 5.01. The van der Waals surface area contributed by atoms with E-state index in [9.17, 15) is 9.59 Å². The van der Waals surface area contributed by atoms with Gasteiger partial charge in [0.1, 0.15) is 0 Å². The van der Waals surface area contributed by atoms with Crippen LogP contribution >= 0.6 is 0 Å². The second-order valence-corrected chi connectivity index (χ2v) is 5.04. The van der Waals surface area contributed by atoms with Gasteiger partial charge in [-0.05, 0) is 38.1 Å². The van der Waals surface area contributed by atoms with Crippen LogP contribution in [0.2, 0.25) is 0 Å². The summed E-state index contributed by atoms with van der Waals surface area (Å²) in [6.45, 7) is 4.01. The molecule has 0 saturated heterocycles. The van der Waals surface area contributed by atoms with Crippen LogP contribution < -0.4 is 20.3 Å². The molecule has 0 fully saturated rings. The average Bonchev–Trinajstić information content (AvgIpc) is 2.59. The van der Waals surface area contributed by atoms with Gasteiger partial charge in [-0.25, -0.2) is 0 Å². The number of aryl methyl sites for hydroxylation is 1. The molecule has 2 N–H and O–H groups in total. The highest BCUT2D eigenvalue weighted by atomic mass is 16.5. The smallest absolute Gasteiger partial charge is 0.276 e. The summed E-state index contributed by atoms with van der Waals surface area (Å²) in [6, 6.07) is 14.1. The lowest BCUT2D eigenvalue weighted by molar-refractivity contribution is -0.123. The lowest BCUT2D eigenvalue weighted by Gasteiger charge is -2.12. The van der Waals surface area contributed by atoms with Crippen LogP contribution in [-0.2, 0) is 4.79 Å². The van der Waals surface area contributed by atoms with Gasteiger partial charge in [0.25, 0.3) is 11.8 Å². The van der Waals surface area contributed by atoms with Crippen molar-refractivity contribution in [3.05, 3.63) is 59.7 Å². The van der Waals surface area contributed by atoms with E-state index in [0.717, 1.165) is 5.56 Å². The largest absolute Gasteiger partial charge is 0.490 e. The van der Waals surface area contributed by atoms with E-state index in [2.05, 4.69) is 10.9 Å². The van der Waals surface area contributed by atoms with Gasteiger partial charge in [-0.3, -0.25) is 20.4 Å². The predicted octanol–water partition coefficient (Wildman–Crippen LogP) is 2.23. The number of rotatable bonds is 6. The molecule has 0 aliphatic rings. The van der Waals surface area contributed by atoms with Crippen LogP contribution in [-0.4, -0.2) is 25.0 Å². The first-order valence-corrected chi connectivity index (χ1v) is 7.60. The topological polar surface area (TPSA) is 76.7 Å². The number of para-hydroxylation sites is 2. The molecule has 2 rings (SSSR count). The first-order chi connectivity index (χ1) is 11.6. The van der Waals surface area contributed by atoms with E-state index in [0.29, 0.717) is 23.7 Å². The molecule has 2 aromatic carbocycles. The van der Waals surface area contributed by atoms with E-state index >= 15 is 0 Å². The van der Waals surface area contributed by atoms with Crippen molar-refractivity contribution in [3.63, 3.8) is 0 Å². The summed E-state index contributed by atoms with van der Waals surface area (Å²) in [5.41, 5.74) is 6.10. The number of hydrogen-bond acceptors (Lipinski definition) is 4. The SMILES string of the molecule is CCOc1ccccc1OCC(=O)NNC(=O)c1cccc(C)c1. The summed E-state index contributed by atoms with van der Waals surface area (Å²) in [4.78, 5) is 23.7. The lowest BCUT2D eigenvalue weighted by atomic mass is 10.1. The number of carbonyl (C=O) groups is 2. The van der Waals surface area contributed by atoms with E-state index < -0.39 is 5.91 Å². The molecular formula is C18H20N2O4. The molecule has 0 heterocycles. The van der Waals surface area contributed by atoms with Crippen molar-refractivity contribution in [2.75, 3.05) is 13.2 Å². The van der Waals surface area contributed by atoms with Gasteiger partial charge in [0, 0.05) is 5.56 Å². The van der Waals surface area contributed by atoms with Crippen molar-refractivity contribution in [3.8, 4) is 11.5 Å². The Kier molecular flexibility index (Phi) is 6.19. The summed E-state index contributed by atoms with van der Waals surface area (Å²) in [7, 11) is 0. The van der Waals surface area contributed by atoms with E-state index in [1.54, 1.807) is 36.4 Å². The minimum absolute atomic E-state index is 0.238. The van der Waals surface area contributed by atoms with Gasteiger partial charge >= 0.3 is 0 Å². The summed E-state index contributed by atoms with van der Waals surface area (Å²) in [5, 5.41) is 0. The monoisotopic (exact) mass is 328 g/mol. The minimum Gasteiger partial charge on any atom is -0.490 e. The molecule has 0 aliphatic carbocycles. The minimum atomic E-state index is -0.470. The van der Waals surface area contributed by atoms with Crippen LogP contribution in [0.3, 0.4) is 0 Å². The third-order valence-electron chi connectivity index (χ3n) is 3.10. The molecule has 0 unspecified atom stereocenters. The first kappa shape index (κ1) is 17.3. The standard InChI is InChI=1S/C18H20N2O4/c1-3-23-15-9-4-5-10-16(15)24-12-17(21)19-20-18(22)14-8-6-7-13(2)11-14/h4-11H,3,12H2,1-2H3,(H,19,21)(H,20,22). The summed E-state index contributed by atoms with van der Waals surface area (Å²) >= 11 is 0. The van der Waals surface area contributed by atoms with Gasteiger partial charge in [-0.15, -0.1) is 0 Å². The molecule has 6 nitrogen and oxygen atoms in total. The van der Waals surface area contributed by atoms with Crippen LogP contribution in [0.1, 0.15) is 22.8 Å². The Labute approximate surface area is 140 Å². The fourth-order valence-electron chi connectivity index (χ4n) is 2.01. The number of nitrogens with one attached hydrogen (secondary N) is 2. The van der Waals surface area contributed by atoms with E-state index in [1.807, 2.05) is 26.0 Å². The van der Waals surface area contributed by atoms with Crippen LogP contribution in [0.15, 0.2) is 48.5 Å². The van der Waals surface area contributed by atoms with Crippen molar-refractivity contribution in [2.24, 2.45) is 0 Å². The number of amides is 2. The van der Waals surface area contributed by atoms with Crippen LogP contribution in [0.25, 0.3) is 0 Å². The molecule has 0 atom stereocenters. The molecule has 0 bridgehead atoms. The maximum atomic E-state index is 11.9. The molecule has 0 spiro atoms. The highest BCUT2D eigenvalue weighted by Crippen LogP contribution is 2.26. The average molecular weight is 328 g/mol. The summed E-state index contributed by atoms with van der Waals surface area (Å²) in [5.74, 6) is 0.181. The number of benzene rings is 2. The van der Waals surface area contributed by atoms with Crippen LogP contribution in [0, 0.1) is 6.92 Å². The molecule has 2 amide bonds. The summed E-state index contributed by atoms with van der Waals surface area (Å²) in [6.07, 6.45) is 0. The van der Waals surface area contributed by atoms with Crippen molar-refractivity contribution in [1.82, 2.24) is 10.9 Å². The maximum Gasteiger partial charge on any atom is 0.276 e. The molecule has 24 heavy (non-hydrogen) atoms. The highest BCUT2D eigenvalue weighted by molar-refractivity contribution is 5.95. The van der Waals surface area contributed by atoms with Crippen molar-refractivity contribution >= 4 is 11.8 Å². The fourth-order valence-corrected chi connectivity index (χ4v) is 2.01. The molecule has 126 valence electrons. The predicted molar refractivity (Wildman–Crippen MR) is 89.9 cm³/mol. The zero-order valence-corrected chi connectivity index (χ0v) is 13.7. The Balaban J connectivity index is 1.83. The van der Waals surface area contributed by atoms with Crippen molar-refractivity contribution < 1.29 is 19.1 Å². The van der Waals surface area contributed by atoms with Gasteiger partial charge in [0.05, 0.1) is 6.61 Å². The molecule has 0 aliphatic heterocycles. The third-order valence-corrected chi connectivity index (χ3v) is 3.10. The Hall–Kier alpha value is -3.02. The molecule has 6 heteroatoms. The molecule has 0 saturated carbocycles. The Bertz CT molecular complexity index is 716. The van der Waals surface area contributed by atoms with Crippen molar-refractivity contribution in [2.45, 2.75) is 13.8 Å². The number of hydrazine groups is 1. The normalized spacial score (nSPS) is 9.92. The number of ether oxygens (including phenoxy) is 2. The summed E-state index contributed by atoms with van der Waals surface area (Å²) < 4.78 is 10.8. The van der Waals surface area contributed by atoms with Crippen LogP contribution in [0.4, 0.5) is 0 Å². The Morgan fingerprint density at radius 3 is 2.33 bits per heavy atom. The fraction of sp³-hybridized carbons (Fsp3) is 0.222. The van der Waals surface area contributed by atoms with Crippen molar-refractivity contribution in [1.29, 1.82) is 0 Å². The Morgan fingerprint density at radius 1 is 0.958 bits per heavy atom. The second kappa shape index (κ2) is 8.57. The van der Waals surface area contributed by atoms with Gasteiger partial charge in [0.2, 0.25) is 0 Å². The first-order valence-electron chi connectivity index (χ1n) is 7.60. The molecule has 2 aromatic rings. The van der Waals surface area contributed by atoms with Gasteiger partial charge in [0.15, 0.2) is 18.1 Å². The van der Waals surface area contributed by atoms with E-state index in [1.165, 1.54) is 0 Å². The quantitative estimate of drug-likeness (QED) is 0.797. The molecular weight excluding hydrogens is 308 g/mol. The second-order valence-electron chi connectivity index (χ2n) is 5.04. The zero-order chi connectivity index (χ0) is 17.4.